The number of carbonyl (C=O) groups excluding carboxylic acids is 1. The highest BCUT2D eigenvalue weighted by atomic mass is 16.5. The minimum absolute atomic E-state index is 0.0531. The third kappa shape index (κ3) is 2.97. The van der Waals surface area contributed by atoms with Gasteiger partial charge < -0.3 is 20.1 Å². The monoisotopic (exact) mass is 251 g/mol. The summed E-state index contributed by atoms with van der Waals surface area (Å²) in [5.41, 5.74) is 0.0903. The molecule has 0 aliphatic heterocycles. The number of aromatic hydroxyl groups is 1. The van der Waals surface area contributed by atoms with Crippen LogP contribution < -0.4 is 0 Å². The smallest absolute Gasteiger partial charge is 0.338 e. The molecule has 1 aromatic rings. The minimum atomic E-state index is -1.74. The number of rotatable bonds is 4. The number of carbonyl (C=O) groups is 1. The predicted molar refractivity (Wildman–Crippen MR) is 60.4 cm³/mol. The number of hydrogen-bond acceptors (Lipinski definition) is 6. The van der Waals surface area contributed by atoms with Crippen molar-refractivity contribution in [3.63, 3.8) is 0 Å². The van der Waals surface area contributed by atoms with Gasteiger partial charge in [-0.3, -0.25) is 0 Å². The molecule has 0 spiro atoms. The highest BCUT2D eigenvalue weighted by Gasteiger charge is 2.27. The van der Waals surface area contributed by atoms with Crippen molar-refractivity contribution in [3.05, 3.63) is 29.3 Å². The van der Waals surface area contributed by atoms with Crippen molar-refractivity contribution < 1.29 is 24.9 Å². The van der Waals surface area contributed by atoms with Crippen LogP contribution in [0.5, 0.6) is 5.75 Å². The Kier molecular flexibility index (Phi) is 4.66. The van der Waals surface area contributed by atoms with Crippen LogP contribution in [0, 0.1) is 11.3 Å². The molecule has 0 aromatic heterocycles. The van der Waals surface area contributed by atoms with Gasteiger partial charge in [0.05, 0.1) is 12.2 Å². The Bertz CT molecular complexity index is 480. The summed E-state index contributed by atoms with van der Waals surface area (Å²) < 4.78 is 4.56. The van der Waals surface area contributed by atoms with Gasteiger partial charge in [0, 0.05) is 0 Å². The number of benzene rings is 1. The standard InChI is InChI=1S/C12H13NO5/c1-2-18-12(17)11(16)10(15)7-3-4-9(14)8(5-7)6-13/h3-5,10-11,14-16H,2H2,1H3. The number of esters is 1. The first-order valence-corrected chi connectivity index (χ1v) is 5.27. The lowest BCUT2D eigenvalue weighted by atomic mass is 10.0. The van der Waals surface area contributed by atoms with Crippen LogP contribution in [0.1, 0.15) is 24.2 Å². The normalized spacial score (nSPS) is 13.4. The van der Waals surface area contributed by atoms with Crippen LogP contribution in [0.25, 0.3) is 0 Å². The van der Waals surface area contributed by atoms with Gasteiger partial charge in [-0.05, 0) is 24.6 Å². The van der Waals surface area contributed by atoms with E-state index in [1.54, 1.807) is 13.0 Å². The van der Waals surface area contributed by atoms with Gasteiger partial charge in [-0.2, -0.15) is 5.26 Å². The lowest BCUT2D eigenvalue weighted by molar-refractivity contribution is -0.159. The molecule has 0 aliphatic rings. The molecular weight excluding hydrogens is 238 g/mol. The number of nitriles is 1. The fourth-order valence-electron chi connectivity index (χ4n) is 1.37. The fourth-order valence-corrected chi connectivity index (χ4v) is 1.37. The van der Waals surface area contributed by atoms with Crippen LogP contribution in [0.4, 0.5) is 0 Å². The van der Waals surface area contributed by atoms with Gasteiger partial charge in [0.2, 0.25) is 0 Å². The fraction of sp³-hybridized carbons (Fsp3) is 0.333. The van der Waals surface area contributed by atoms with Gasteiger partial charge in [0.1, 0.15) is 17.9 Å². The lowest BCUT2D eigenvalue weighted by Gasteiger charge is -2.17. The first-order valence-electron chi connectivity index (χ1n) is 5.27. The van der Waals surface area contributed by atoms with E-state index in [-0.39, 0.29) is 23.5 Å². The number of aliphatic hydroxyl groups excluding tert-OH is 2. The summed E-state index contributed by atoms with van der Waals surface area (Å²) >= 11 is 0. The van der Waals surface area contributed by atoms with Crippen molar-refractivity contribution in [1.82, 2.24) is 0 Å². The Morgan fingerprint density at radius 3 is 2.72 bits per heavy atom. The molecular formula is C12H13NO5. The van der Waals surface area contributed by atoms with Crippen LogP contribution in [0.2, 0.25) is 0 Å². The van der Waals surface area contributed by atoms with Crippen LogP contribution in [-0.2, 0) is 9.53 Å². The molecule has 1 rings (SSSR count). The molecule has 6 heteroatoms. The summed E-state index contributed by atoms with van der Waals surface area (Å²) in [6.45, 7) is 1.66. The topological polar surface area (TPSA) is 111 Å². The zero-order valence-corrected chi connectivity index (χ0v) is 9.70. The average molecular weight is 251 g/mol. The summed E-state index contributed by atoms with van der Waals surface area (Å²) in [6, 6.07) is 5.43. The molecule has 1 aromatic carbocycles. The maximum absolute atomic E-state index is 11.2. The second-order valence-electron chi connectivity index (χ2n) is 3.53. The number of phenols is 1. The Morgan fingerprint density at radius 2 is 2.17 bits per heavy atom. The Morgan fingerprint density at radius 1 is 1.50 bits per heavy atom. The van der Waals surface area contributed by atoms with Crippen molar-refractivity contribution in [3.8, 4) is 11.8 Å². The highest BCUT2D eigenvalue weighted by Crippen LogP contribution is 2.24. The van der Waals surface area contributed by atoms with Crippen molar-refractivity contribution >= 4 is 5.97 Å². The van der Waals surface area contributed by atoms with Crippen molar-refractivity contribution in [2.24, 2.45) is 0 Å². The first kappa shape index (κ1) is 14.0. The third-order valence-electron chi connectivity index (χ3n) is 2.31. The van der Waals surface area contributed by atoms with Crippen LogP contribution in [0.15, 0.2) is 18.2 Å². The zero-order valence-electron chi connectivity index (χ0n) is 9.70. The molecule has 0 saturated carbocycles. The third-order valence-corrected chi connectivity index (χ3v) is 2.31. The van der Waals surface area contributed by atoms with E-state index in [4.69, 9.17) is 5.26 Å². The van der Waals surface area contributed by atoms with E-state index in [0.717, 1.165) is 0 Å². The molecule has 0 amide bonds. The number of phenolic OH excluding ortho intramolecular Hbond substituents is 1. The molecule has 2 unspecified atom stereocenters. The maximum Gasteiger partial charge on any atom is 0.338 e. The molecule has 0 aliphatic carbocycles. The number of hydrogen-bond donors (Lipinski definition) is 3. The predicted octanol–water partition coefficient (Wildman–Crippen LogP) is 0.221. The molecule has 96 valence electrons. The Labute approximate surface area is 104 Å². The zero-order chi connectivity index (χ0) is 13.7. The quantitative estimate of drug-likeness (QED) is 0.660. The van der Waals surface area contributed by atoms with E-state index in [1.807, 2.05) is 0 Å². The first-order chi connectivity index (χ1) is 8.51. The average Bonchev–Trinajstić information content (AvgIpc) is 2.38. The number of ether oxygens (including phenoxy) is 1. The second kappa shape index (κ2) is 6.00. The molecule has 0 heterocycles. The van der Waals surface area contributed by atoms with E-state index in [0.29, 0.717) is 0 Å². The van der Waals surface area contributed by atoms with Crippen molar-refractivity contribution in [1.29, 1.82) is 5.26 Å². The Hall–Kier alpha value is -2.10. The summed E-state index contributed by atoms with van der Waals surface area (Å²) in [4.78, 5) is 11.2. The van der Waals surface area contributed by atoms with Crippen molar-refractivity contribution in [2.45, 2.75) is 19.1 Å². The van der Waals surface area contributed by atoms with Gasteiger partial charge in [0.15, 0.2) is 6.10 Å². The van der Waals surface area contributed by atoms with E-state index in [9.17, 15) is 20.1 Å². The van der Waals surface area contributed by atoms with Gasteiger partial charge in [-0.15, -0.1) is 0 Å². The SMILES string of the molecule is CCOC(=O)C(O)C(O)c1ccc(O)c(C#N)c1. The van der Waals surface area contributed by atoms with Gasteiger partial charge in [0.25, 0.3) is 0 Å². The molecule has 18 heavy (non-hydrogen) atoms. The highest BCUT2D eigenvalue weighted by molar-refractivity contribution is 5.75. The molecule has 6 nitrogen and oxygen atoms in total. The maximum atomic E-state index is 11.2. The van der Waals surface area contributed by atoms with Crippen LogP contribution >= 0.6 is 0 Å². The molecule has 3 N–H and O–H groups in total. The summed E-state index contributed by atoms with van der Waals surface area (Å²) in [5.74, 6) is -1.18. The molecule has 0 bridgehead atoms. The van der Waals surface area contributed by atoms with E-state index in [1.165, 1.54) is 18.2 Å². The van der Waals surface area contributed by atoms with Crippen molar-refractivity contribution in [2.75, 3.05) is 6.61 Å². The molecule has 0 radical (unpaired) electrons. The van der Waals surface area contributed by atoms with E-state index in [2.05, 4.69) is 4.74 Å². The number of aliphatic hydroxyl groups is 2. The van der Waals surface area contributed by atoms with E-state index < -0.39 is 18.2 Å². The summed E-state index contributed by atoms with van der Waals surface area (Å²) in [6.07, 6.45) is -3.25. The van der Waals surface area contributed by atoms with Gasteiger partial charge in [-0.1, -0.05) is 6.07 Å². The second-order valence-corrected chi connectivity index (χ2v) is 3.53. The summed E-state index contributed by atoms with van der Waals surface area (Å²) in [5, 5.41) is 37.3. The molecule has 0 fully saturated rings. The Balaban J connectivity index is 2.94. The van der Waals surface area contributed by atoms with E-state index >= 15 is 0 Å². The molecule has 2 atom stereocenters. The van der Waals surface area contributed by atoms with Crippen LogP contribution in [0.3, 0.4) is 0 Å². The summed E-state index contributed by atoms with van der Waals surface area (Å²) in [7, 11) is 0. The van der Waals surface area contributed by atoms with Crippen LogP contribution in [-0.4, -0.2) is 34.0 Å². The largest absolute Gasteiger partial charge is 0.507 e. The lowest BCUT2D eigenvalue weighted by Crippen LogP contribution is -2.29. The minimum Gasteiger partial charge on any atom is -0.507 e. The number of nitrogens with zero attached hydrogens (tertiary/aromatic N) is 1. The van der Waals surface area contributed by atoms with Gasteiger partial charge in [-0.25, -0.2) is 4.79 Å². The van der Waals surface area contributed by atoms with Gasteiger partial charge >= 0.3 is 5.97 Å². The molecule has 0 saturated heterocycles.